The van der Waals surface area contributed by atoms with E-state index in [9.17, 15) is 19.7 Å². The first kappa shape index (κ1) is 21.1. The smallest absolute Gasteiger partial charge is 0.487 e. The summed E-state index contributed by atoms with van der Waals surface area (Å²) in [4.78, 5) is 27.6. The van der Waals surface area contributed by atoms with Crippen LogP contribution in [0.5, 0.6) is 5.75 Å². The van der Waals surface area contributed by atoms with Crippen LogP contribution in [0.25, 0.3) is 0 Å². The molecule has 4 atom stereocenters. The summed E-state index contributed by atoms with van der Waals surface area (Å²) < 4.78 is 6.01. The zero-order valence-corrected chi connectivity index (χ0v) is 18.1. The van der Waals surface area contributed by atoms with Gasteiger partial charge in [-0.1, -0.05) is 19.4 Å². The molecular formula is C23H30BNO5. The molecule has 2 saturated heterocycles. The lowest BCUT2D eigenvalue weighted by molar-refractivity contribution is -0.140. The Bertz CT molecular complexity index is 903. The van der Waals surface area contributed by atoms with Crippen molar-refractivity contribution in [1.82, 2.24) is 4.90 Å². The third kappa shape index (κ3) is 3.19. The topological polar surface area (TPSA) is 87.1 Å². The molecule has 0 bridgehead atoms. The van der Waals surface area contributed by atoms with Crippen LogP contribution < -0.4 is 0 Å². The van der Waals surface area contributed by atoms with Crippen LogP contribution in [0.4, 0.5) is 0 Å². The molecule has 2 fully saturated rings. The predicted octanol–water partition coefficient (Wildman–Crippen LogP) is 3.23. The van der Waals surface area contributed by atoms with Gasteiger partial charge in [0.2, 0.25) is 11.8 Å². The third-order valence-corrected chi connectivity index (χ3v) is 7.06. The first-order chi connectivity index (χ1) is 14.3. The van der Waals surface area contributed by atoms with Crippen LogP contribution in [0.1, 0.15) is 62.3 Å². The highest BCUT2D eigenvalue weighted by Gasteiger charge is 2.57. The van der Waals surface area contributed by atoms with Crippen LogP contribution >= 0.6 is 0 Å². The monoisotopic (exact) mass is 411 g/mol. The van der Waals surface area contributed by atoms with Gasteiger partial charge >= 0.3 is 7.12 Å². The molecule has 1 aromatic rings. The van der Waals surface area contributed by atoms with Gasteiger partial charge in [-0.3, -0.25) is 14.5 Å². The van der Waals surface area contributed by atoms with Crippen LogP contribution in [0.3, 0.4) is 0 Å². The van der Waals surface area contributed by atoms with E-state index in [1.165, 1.54) is 4.90 Å². The summed E-state index contributed by atoms with van der Waals surface area (Å²) in [5, 5.41) is 21.0. The second-order valence-corrected chi connectivity index (χ2v) is 8.90. The quantitative estimate of drug-likeness (QED) is 0.587. The molecule has 7 heteroatoms. The molecule has 2 amide bonds. The Morgan fingerprint density at radius 3 is 2.40 bits per heavy atom. The van der Waals surface area contributed by atoms with Crippen LogP contribution in [0.15, 0.2) is 23.2 Å². The van der Waals surface area contributed by atoms with Crippen molar-refractivity contribution >= 4 is 18.9 Å². The van der Waals surface area contributed by atoms with Crippen LogP contribution in [-0.4, -0.2) is 40.5 Å². The maximum Gasteiger partial charge on any atom is 0.487 e. The number of carbonyl (C=O) groups is 2. The van der Waals surface area contributed by atoms with Crippen molar-refractivity contribution in [3.05, 3.63) is 39.9 Å². The van der Waals surface area contributed by atoms with Gasteiger partial charge in [0.1, 0.15) is 5.75 Å². The minimum Gasteiger partial charge on any atom is -0.507 e. The number of phenols is 1. The molecule has 160 valence electrons. The Balaban J connectivity index is 1.73. The standard InChI is InChI=1S/C23H30BNO5/c1-5-7-25-22(27)17-10-14(6-2)20-16(19(17)23(25)28)11-18(30-24(20)29)15-8-12(3)21(26)13(4)9-15/h8-9,16-19,26,29H,5-7,10-11H2,1-4H3/t16-,17-,18-,19+/m0/s1. The van der Waals surface area contributed by atoms with E-state index in [1.54, 1.807) is 0 Å². The molecule has 4 rings (SSSR count). The van der Waals surface area contributed by atoms with E-state index in [4.69, 9.17) is 4.65 Å². The first-order valence-corrected chi connectivity index (χ1v) is 11.0. The number of amides is 2. The molecule has 2 heterocycles. The SMILES string of the molecule is CCCN1C(=O)[C@H]2[C@H](CC(CC)=C3B(O)O[C@H](c4cc(C)c(O)c(C)c4)C[C@H]32)C1=O. The Labute approximate surface area is 178 Å². The summed E-state index contributed by atoms with van der Waals surface area (Å²) in [5.74, 6) is -0.869. The number of fused-ring (bicyclic) bond motifs is 3. The molecule has 1 aromatic carbocycles. The lowest BCUT2D eigenvalue weighted by Crippen LogP contribution is -2.44. The van der Waals surface area contributed by atoms with Crippen molar-refractivity contribution in [2.45, 2.75) is 59.5 Å². The fourth-order valence-corrected chi connectivity index (χ4v) is 5.65. The number of phenolic OH excluding ortho intramolecular Hbond substituents is 1. The summed E-state index contributed by atoms with van der Waals surface area (Å²) in [7, 11) is -1.08. The lowest BCUT2D eigenvalue weighted by atomic mass is 9.55. The van der Waals surface area contributed by atoms with E-state index < -0.39 is 19.1 Å². The highest BCUT2D eigenvalue weighted by Crippen LogP contribution is 2.52. The molecule has 1 aliphatic carbocycles. The van der Waals surface area contributed by atoms with Crippen molar-refractivity contribution in [2.24, 2.45) is 17.8 Å². The molecule has 0 saturated carbocycles. The highest BCUT2D eigenvalue weighted by atomic mass is 16.5. The average molecular weight is 411 g/mol. The molecule has 2 N–H and O–H groups in total. The Kier molecular flexibility index (Phi) is 5.53. The van der Waals surface area contributed by atoms with E-state index in [0.29, 0.717) is 19.4 Å². The number of carbonyl (C=O) groups excluding carboxylic acids is 2. The zero-order valence-electron chi connectivity index (χ0n) is 18.1. The highest BCUT2D eigenvalue weighted by molar-refractivity contribution is 6.53. The van der Waals surface area contributed by atoms with Gasteiger partial charge in [0.15, 0.2) is 0 Å². The number of rotatable bonds is 4. The summed E-state index contributed by atoms with van der Waals surface area (Å²) in [6.07, 6.45) is 2.14. The fraction of sp³-hybridized carbons (Fsp3) is 0.565. The summed E-state index contributed by atoms with van der Waals surface area (Å²) in [6, 6.07) is 3.75. The average Bonchev–Trinajstić information content (AvgIpc) is 2.95. The van der Waals surface area contributed by atoms with Crippen molar-refractivity contribution in [3.63, 3.8) is 0 Å². The largest absolute Gasteiger partial charge is 0.507 e. The van der Waals surface area contributed by atoms with Gasteiger partial charge in [-0.15, -0.1) is 0 Å². The third-order valence-electron chi connectivity index (χ3n) is 7.06. The fourth-order valence-electron chi connectivity index (χ4n) is 5.65. The normalized spacial score (nSPS) is 28.8. The zero-order chi connectivity index (χ0) is 21.7. The minimum absolute atomic E-state index is 0.0642. The Morgan fingerprint density at radius 1 is 1.13 bits per heavy atom. The van der Waals surface area contributed by atoms with Crippen molar-refractivity contribution < 1.29 is 24.4 Å². The predicted molar refractivity (Wildman–Crippen MR) is 113 cm³/mol. The molecule has 3 aliphatic rings. The van der Waals surface area contributed by atoms with E-state index in [1.807, 2.05) is 39.8 Å². The minimum atomic E-state index is -1.08. The molecular weight excluding hydrogens is 381 g/mol. The molecule has 2 aliphatic heterocycles. The number of allylic oxidation sites excluding steroid dienone is 2. The number of nitrogens with zero attached hydrogens (tertiary/aromatic N) is 1. The van der Waals surface area contributed by atoms with Crippen LogP contribution in [0, 0.1) is 31.6 Å². The van der Waals surface area contributed by atoms with E-state index >= 15 is 0 Å². The van der Waals surface area contributed by atoms with Gasteiger partial charge in [-0.05, 0) is 79.7 Å². The van der Waals surface area contributed by atoms with E-state index in [2.05, 4.69) is 0 Å². The van der Waals surface area contributed by atoms with Gasteiger partial charge in [0.05, 0.1) is 17.9 Å². The summed E-state index contributed by atoms with van der Waals surface area (Å²) in [6.45, 7) is 8.12. The van der Waals surface area contributed by atoms with Gasteiger partial charge in [0.25, 0.3) is 0 Å². The molecule has 0 spiro atoms. The number of hydrogen-bond acceptors (Lipinski definition) is 5. The number of benzene rings is 1. The molecule has 0 aromatic heterocycles. The van der Waals surface area contributed by atoms with Crippen molar-refractivity contribution in [3.8, 4) is 5.75 Å². The van der Waals surface area contributed by atoms with Gasteiger partial charge in [0, 0.05) is 6.54 Å². The second kappa shape index (κ2) is 7.86. The number of hydrogen-bond donors (Lipinski definition) is 2. The lowest BCUT2D eigenvalue weighted by Gasteiger charge is -2.42. The number of aromatic hydroxyl groups is 1. The molecule has 30 heavy (non-hydrogen) atoms. The molecule has 0 radical (unpaired) electrons. The Morgan fingerprint density at radius 2 is 1.80 bits per heavy atom. The first-order valence-electron chi connectivity index (χ1n) is 11.0. The molecule has 0 unspecified atom stereocenters. The van der Waals surface area contributed by atoms with Gasteiger partial charge in [-0.2, -0.15) is 0 Å². The van der Waals surface area contributed by atoms with Crippen LogP contribution in [0.2, 0.25) is 0 Å². The summed E-state index contributed by atoms with van der Waals surface area (Å²) in [5.41, 5.74) is 4.23. The number of imide groups is 1. The maximum atomic E-state index is 13.2. The van der Waals surface area contributed by atoms with Gasteiger partial charge < -0.3 is 14.8 Å². The second-order valence-electron chi connectivity index (χ2n) is 8.90. The molecule has 6 nitrogen and oxygen atoms in total. The van der Waals surface area contributed by atoms with Crippen LogP contribution in [-0.2, 0) is 14.2 Å². The van der Waals surface area contributed by atoms with E-state index in [-0.39, 0.29) is 29.4 Å². The van der Waals surface area contributed by atoms with Crippen molar-refractivity contribution in [1.29, 1.82) is 0 Å². The maximum absolute atomic E-state index is 13.2. The number of aryl methyl sites for hydroxylation is 2. The Hall–Kier alpha value is -2.12. The van der Waals surface area contributed by atoms with Gasteiger partial charge in [-0.25, -0.2) is 0 Å². The summed E-state index contributed by atoms with van der Waals surface area (Å²) >= 11 is 0. The van der Waals surface area contributed by atoms with Crippen molar-refractivity contribution in [2.75, 3.05) is 6.54 Å². The van der Waals surface area contributed by atoms with E-state index in [0.717, 1.165) is 40.6 Å². The number of likely N-dealkylation sites (tertiary alicyclic amines) is 1.